The first-order valence-electron chi connectivity index (χ1n) is 4.26. The molecule has 1 unspecified atom stereocenters. The Hall–Kier alpha value is -0.940. The van der Waals surface area contributed by atoms with E-state index in [4.69, 9.17) is 10.5 Å². The van der Waals surface area contributed by atoms with Crippen LogP contribution in [0.25, 0.3) is 0 Å². The summed E-state index contributed by atoms with van der Waals surface area (Å²) in [5.41, 5.74) is 5.59. The molecule has 0 saturated heterocycles. The third-order valence-electron chi connectivity index (χ3n) is 1.88. The number of ether oxygens (including phenoxy) is 1. The molecule has 0 aliphatic heterocycles. The van der Waals surface area contributed by atoms with E-state index < -0.39 is 0 Å². The van der Waals surface area contributed by atoms with Crippen LogP contribution in [0.15, 0.2) is 10.9 Å². The van der Waals surface area contributed by atoms with E-state index in [1.165, 1.54) is 6.39 Å². The van der Waals surface area contributed by atoms with Crippen LogP contribution in [0.4, 0.5) is 0 Å². The average molecular weight is 185 g/mol. The molecule has 13 heavy (non-hydrogen) atoms. The van der Waals surface area contributed by atoms with Gasteiger partial charge in [0, 0.05) is 5.54 Å². The van der Waals surface area contributed by atoms with E-state index >= 15 is 0 Å². The molecule has 0 aliphatic carbocycles. The number of aromatic nitrogens is 2. The van der Waals surface area contributed by atoms with Crippen LogP contribution in [0.2, 0.25) is 0 Å². The lowest BCUT2D eigenvalue weighted by Gasteiger charge is -2.21. The first-order chi connectivity index (χ1) is 6.14. The second-order valence-corrected chi connectivity index (χ2v) is 3.35. The molecular formula is C8H15N3O2. The molecule has 0 aliphatic rings. The molecule has 1 heterocycles. The first-order valence-corrected chi connectivity index (χ1v) is 4.26. The normalized spacial score (nSPS) is 15.6. The zero-order valence-electron chi connectivity index (χ0n) is 7.99. The van der Waals surface area contributed by atoms with Gasteiger partial charge in [-0.3, -0.25) is 0 Å². The van der Waals surface area contributed by atoms with Crippen LogP contribution in [0.1, 0.15) is 26.1 Å². The Bertz CT molecular complexity index is 234. The van der Waals surface area contributed by atoms with E-state index in [-0.39, 0.29) is 5.54 Å². The van der Waals surface area contributed by atoms with Crippen LogP contribution in [-0.2, 0) is 11.3 Å². The topological polar surface area (TPSA) is 74.2 Å². The molecular weight excluding hydrogens is 170 g/mol. The maximum absolute atomic E-state index is 5.87. The summed E-state index contributed by atoms with van der Waals surface area (Å²) in [6, 6.07) is 0. The smallest absolute Gasteiger partial charge is 0.213 e. The number of rotatable bonds is 5. The second-order valence-electron chi connectivity index (χ2n) is 3.35. The second kappa shape index (κ2) is 4.34. The summed E-state index contributed by atoms with van der Waals surface area (Å²) in [6.45, 7) is 4.82. The van der Waals surface area contributed by atoms with Crippen LogP contribution in [-0.4, -0.2) is 22.3 Å². The average Bonchev–Trinajstić information content (AvgIpc) is 2.57. The van der Waals surface area contributed by atoms with Gasteiger partial charge >= 0.3 is 0 Å². The van der Waals surface area contributed by atoms with Gasteiger partial charge in [0.15, 0.2) is 5.82 Å². The molecule has 1 atom stereocenters. The molecule has 1 rings (SSSR count). The first kappa shape index (κ1) is 10.1. The van der Waals surface area contributed by atoms with Crippen molar-refractivity contribution in [1.82, 2.24) is 10.1 Å². The summed E-state index contributed by atoms with van der Waals surface area (Å²) >= 11 is 0. The molecule has 0 aromatic carbocycles. The van der Waals surface area contributed by atoms with Crippen molar-refractivity contribution in [2.75, 3.05) is 6.61 Å². The molecule has 0 fully saturated rings. The van der Waals surface area contributed by atoms with Gasteiger partial charge in [0.05, 0.1) is 6.61 Å². The highest BCUT2D eigenvalue weighted by molar-refractivity contribution is 4.77. The third kappa shape index (κ3) is 3.52. The van der Waals surface area contributed by atoms with E-state index in [1.807, 2.05) is 13.8 Å². The molecule has 1 aromatic heterocycles. The molecule has 1 aromatic rings. The Morgan fingerprint density at radius 2 is 2.46 bits per heavy atom. The van der Waals surface area contributed by atoms with Crippen molar-refractivity contribution < 1.29 is 9.26 Å². The fourth-order valence-corrected chi connectivity index (χ4v) is 0.734. The third-order valence-corrected chi connectivity index (χ3v) is 1.88. The highest BCUT2D eigenvalue weighted by Crippen LogP contribution is 2.05. The van der Waals surface area contributed by atoms with Crippen molar-refractivity contribution in [3.63, 3.8) is 0 Å². The SMILES string of the molecule is CCC(C)(N)COCc1ncon1. The highest BCUT2D eigenvalue weighted by atomic mass is 16.5. The zero-order valence-corrected chi connectivity index (χ0v) is 7.99. The highest BCUT2D eigenvalue weighted by Gasteiger charge is 2.15. The minimum Gasteiger partial charge on any atom is -0.371 e. The maximum Gasteiger partial charge on any atom is 0.213 e. The van der Waals surface area contributed by atoms with Crippen LogP contribution in [0, 0.1) is 0 Å². The summed E-state index contributed by atoms with van der Waals surface area (Å²) in [7, 11) is 0. The monoisotopic (exact) mass is 185 g/mol. The molecule has 0 spiro atoms. The molecule has 0 amide bonds. The van der Waals surface area contributed by atoms with E-state index in [1.54, 1.807) is 0 Å². The van der Waals surface area contributed by atoms with Gasteiger partial charge in [0.25, 0.3) is 0 Å². The number of hydrogen-bond acceptors (Lipinski definition) is 5. The van der Waals surface area contributed by atoms with Crippen LogP contribution < -0.4 is 5.73 Å². The van der Waals surface area contributed by atoms with Gasteiger partial charge in [0.2, 0.25) is 6.39 Å². The fraction of sp³-hybridized carbons (Fsp3) is 0.750. The van der Waals surface area contributed by atoms with Gasteiger partial charge in [0.1, 0.15) is 6.61 Å². The van der Waals surface area contributed by atoms with Crippen LogP contribution in [0.3, 0.4) is 0 Å². The summed E-state index contributed by atoms with van der Waals surface area (Å²) in [4.78, 5) is 3.82. The number of nitrogens with zero attached hydrogens (tertiary/aromatic N) is 2. The molecule has 0 saturated carbocycles. The minimum atomic E-state index is -0.274. The van der Waals surface area contributed by atoms with Gasteiger partial charge in [-0.15, -0.1) is 0 Å². The van der Waals surface area contributed by atoms with Gasteiger partial charge in [-0.05, 0) is 13.3 Å². The van der Waals surface area contributed by atoms with E-state index in [2.05, 4.69) is 14.7 Å². The summed E-state index contributed by atoms with van der Waals surface area (Å²) in [6.07, 6.45) is 2.15. The van der Waals surface area contributed by atoms with E-state index in [9.17, 15) is 0 Å². The van der Waals surface area contributed by atoms with Crippen molar-refractivity contribution in [2.24, 2.45) is 5.73 Å². The fourth-order valence-electron chi connectivity index (χ4n) is 0.734. The lowest BCUT2D eigenvalue weighted by atomic mass is 10.0. The van der Waals surface area contributed by atoms with Crippen molar-refractivity contribution in [3.05, 3.63) is 12.2 Å². The Balaban J connectivity index is 2.21. The number of hydrogen-bond donors (Lipinski definition) is 1. The van der Waals surface area contributed by atoms with Crippen LogP contribution >= 0.6 is 0 Å². The maximum atomic E-state index is 5.87. The van der Waals surface area contributed by atoms with Crippen molar-refractivity contribution >= 4 is 0 Å². The summed E-state index contributed by atoms with van der Waals surface area (Å²) in [5, 5.41) is 3.61. The lowest BCUT2D eigenvalue weighted by Crippen LogP contribution is -2.40. The van der Waals surface area contributed by atoms with E-state index in [0.29, 0.717) is 19.0 Å². The Kier molecular flexibility index (Phi) is 3.39. The largest absolute Gasteiger partial charge is 0.371 e. The van der Waals surface area contributed by atoms with Gasteiger partial charge in [-0.25, -0.2) is 0 Å². The van der Waals surface area contributed by atoms with Crippen LogP contribution in [0.5, 0.6) is 0 Å². The quantitative estimate of drug-likeness (QED) is 0.731. The molecule has 74 valence electrons. The van der Waals surface area contributed by atoms with Gasteiger partial charge < -0.3 is 15.0 Å². The van der Waals surface area contributed by atoms with Crippen molar-refractivity contribution in [3.8, 4) is 0 Å². The molecule has 5 nitrogen and oxygen atoms in total. The zero-order chi connectivity index (χ0) is 9.73. The standard InChI is InChI=1S/C8H15N3O2/c1-3-8(2,9)5-12-4-7-10-6-13-11-7/h6H,3-5,9H2,1-2H3. The summed E-state index contributed by atoms with van der Waals surface area (Å²) in [5.74, 6) is 0.548. The van der Waals surface area contributed by atoms with E-state index in [0.717, 1.165) is 6.42 Å². The molecule has 0 radical (unpaired) electrons. The van der Waals surface area contributed by atoms with Gasteiger partial charge in [-0.2, -0.15) is 4.98 Å². The lowest BCUT2D eigenvalue weighted by molar-refractivity contribution is 0.0724. The van der Waals surface area contributed by atoms with Crippen molar-refractivity contribution in [2.45, 2.75) is 32.4 Å². The molecule has 2 N–H and O–H groups in total. The predicted molar refractivity (Wildman–Crippen MR) is 46.8 cm³/mol. The minimum absolute atomic E-state index is 0.274. The number of nitrogens with two attached hydrogens (primary N) is 1. The van der Waals surface area contributed by atoms with Crippen molar-refractivity contribution in [1.29, 1.82) is 0 Å². The summed E-state index contributed by atoms with van der Waals surface area (Å²) < 4.78 is 9.87. The predicted octanol–water partition coefficient (Wildman–Crippen LogP) is 0.714. The Morgan fingerprint density at radius 3 is 3.00 bits per heavy atom. The molecule has 5 heteroatoms. The Labute approximate surface area is 77.3 Å². The Morgan fingerprint density at radius 1 is 1.69 bits per heavy atom. The van der Waals surface area contributed by atoms with Gasteiger partial charge in [-0.1, -0.05) is 12.1 Å². The molecule has 0 bridgehead atoms.